The van der Waals surface area contributed by atoms with Crippen molar-refractivity contribution in [2.75, 3.05) is 24.6 Å². The summed E-state index contributed by atoms with van der Waals surface area (Å²) in [5.74, 6) is -0.213. The van der Waals surface area contributed by atoms with Crippen molar-refractivity contribution < 1.29 is 24.6 Å². The van der Waals surface area contributed by atoms with E-state index in [0.29, 0.717) is 24.4 Å². The number of aliphatic hydroxyl groups is 1. The molecule has 3 aliphatic rings. The Morgan fingerprint density at radius 2 is 1.95 bits per heavy atom. The summed E-state index contributed by atoms with van der Waals surface area (Å²) in [5, 5.41) is 21.0. The van der Waals surface area contributed by atoms with Crippen LogP contribution in [0.2, 0.25) is 5.02 Å². The normalized spacial score (nSPS) is 22.7. The number of aliphatic hydroxyl groups excluding tert-OH is 1. The second-order valence-corrected chi connectivity index (χ2v) is 12.1. The predicted octanol–water partition coefficient (Wildman–Crippen LogP) is 3.83. The van der Waals surface area contributed by atoms with E-state index in [1.54, 1.807) is 11.3 Å². The van der Waals surface area contributed by atoms with Crippen LogP contribution < -0.4 is 10.2 Å². The monoisotopic (exact) mass is 570 g/mol. The van der Waals surface area contributed by atoms with Gasteiger partial charge in [0.05, 0.1) is 23.4 Å². The van der Waals surface area contributed by atoms with Crippen LogP contribution in [0.5, 0.6) is 0 Å². The van der Waals surface area contributed by atoms with Crippen molar-refractivity contribution in [1.29, 1.82) is 0 Å². The molecule has 2 fully saturated rings. The molecule has 3 aromatic rings. The lowest BCUT2D eigenvalue weighted by atomic mass is 9.91. The van der Waals surface area contributed by atoms with Crippen molar-refractivity contribution in [2.24, 2.45) is 0 Å². The number of fused-ring (bicyclic) bond motifs is 2. The smallest absolute Gasteiger partial charge is 0.290 e. The number of nitrogens with one attached hydrogen (secondary N) is 1. The van der Waals surface area contributed by atoms with E-state index in [4.69, 9.17) is 21.5 Å². The van der Waals surface area contributed by atoms with Gasteiger partial charge in [-0.15, -0.1) is 11.3 Å². The Morgan fingerprint density at radius 3 is 2.64 bits per heavy atom. The van der Waals surface area contributed by atoms with Crippen molar-refractivity contribution in [1.82, 2.24) is 15.2 Å². The van der Waals surface area contributed by atoms with Crippen LogP contribution in [0.4, 0.5) is 5.69 Å². The van der Waals surface area contributed by atoms with Gasteiger partial charge in [-0.25, -0.2) is 0 Å². The molecule has 0 unspecified atom stereocenters. The molecule has 0 spiro atoms. The molecule has 206 valence electrons. The molecule has 5 heterocycles. The first-order valence-corrected chi connectivity index (χ1v) is 14.2. The number of thiophene rings is 1. The molecule has 0 bridgehead atoms. The number of pyridine rings is 1. The summed E-state index contributed by atoms with van der Waals surface area (Å²) in [7, 11) is 0. The van der Waals surface area contributed by atoms with Crippen molar-refractivity contribution in [3.63, 3.8) is 0 Å². The molecule has 9 nitrogen and oxygen atoms in total. The fourth-order valence-electron chi connectivity index (χ4n) is 5.91. The molecule has 39 heavy (non-hydrogen) atoms. The summed E-state index contributed by atoms with van der Waals surface area (Å²) >= 11 is 8.24. The second kappa shape index (κ2) is 11.2. The average Bonchev–Trinajstić information content (AvgIpc) is 3.61. The summed E-state index contributed by atoms with van der Waals surface area (Å²) < 4.78 is 1.03. The summed E-state index contributed by atoms with van der Waals surface area (Å²) in [6.07, 6.45) is 5.32. The Labute approximate surface area is 235 Å². The van der Waals surface area contributed by atoms with Crippen molar-refractivity contribution in [3.05, 3.63) is 45.9 Å². The number of rotatable bonds is 5. The summed E-state index contributed by atoms with van der Waals surface area (Å²) in [6, 6.07) is 8.45. The van der Waals surface area contributed by atoms with Gasteiger partial charge in [0.15, 0.2) is 0 Å². The Morgan fingerprint density at radius 1 is 1.21 bits per heavy atom. The zero-order valence-electron chi connectivity index (χ0n) is 21.7. The number of benzene rings is 1. The average molecular weight is 571 g/mol. The number of aromatic nitrogens is 1. The highest BCUT2D eigenvalue weighted by Gasteiger charge is 2.39. The molecular formula is C28H31ClN4O5S. The van der Waals surface area contributed by atoms with E-state index in [1.807, 2.05) is 24.4 Å². The summed E-state index contributed by atoms with van der Waals surface area (Å²) in [5.41, 5.74) is 5.20. The number of hydrogen-bond acceptors (Lipinski definition) is 8. The predicted molar refractivity (Wildman–Crippen MR) is 151 cm³/mol. The Bertz CT molecular complexity index is 1410. The highest BCUT2D eigenvalue weighted by molar-refractivity contribution is 7.19. The number of carbonyl (C=O) groups is 3. The van der Waals surface area contributed by atoms with Gasteiger partial charge in [0.1, 0.15) is 0 Å². The van der Waals surface area contributed by atoms with Crippen LogP contribution >= 0.6 is 22.9 Å². The largest absolute Gasteiger partial charge is 0.483 e. The zero-order chi connectivity index (χ0) is 27.7. The number of nitrogens with zero attached hydrogens (tertiary/aromatic N) is 3. The molecule has 6 rings (SSSR count). The van der Waals surface area contributed by atoms with Gasteiger partial charge in [0.2, 0.25) is 11.8 Å². The zero-order valence-corrected chi connectivity index (χ0v) is 23.2. The fraction of sp³-hybridized carbons (Fsp3) is 0.429. The molecule has 0 radical (unpaired) electrons. The number of carboxylic acid groups (broad SMARTS) is 1. The lowest BCUT2D eigenvalue weighted by Gasteiger charge is -2.38. The first-order valence-electron chi connectivity index (χ1n) is 13.0. The third kappa shape index (κ3) is 5.38. The Hall–Kier alpha value is -3.05. The number of carbonyl (C=O) groups excluding carboxylic acids is 2. The number of amides is 2. The number of aryl methyl sites for hydroxylation is 1. The molecule has 0 aliphatic carbocycles. The number of anilines is 1. The Balaban J connectivity index is 0.000000983. The van der Waals surface area contributed by atoms with Crippen LogP contribution in [0.15, 0.2) is 30.5 Å². The number of likely N-dealkylation sites (tertiary alicyclic amines) is 1. The third-order valence-electron chi connectivity index (χ3n) is 7.75. The minimum Gasteiger partial charge on any atom is -0.483 e. The molecular weight excluding hydrogens is 540 g/mol. The fourth-order valence-corrected chi connectivity index (χ4v) is 7.28. The van der Waals surface area contributed by atoms with E-state index < -0.39 is 0 Å². The van der Waals surface area contributed by atoms with Gasteiger partial charge >= 0.3 is 0 Å². The van der Waals surface area contributed by atoms with E-state index in [0.717, 1.165) is 58.6 Å². The van der Waals surface area contributed by atoms with Crippen LogP contribution in [0.3, 0.4) is 0 Å². The molecule has 3 aliphatic heterocycles. The molecule has 2 amide bonds. The number of imide groups is 1. The maximum absolute atomic E-state index is 12.2. The molecule has 2 atom stereocenters. The highest BCUT2D eigenvalue weighted by Crippen LogP contribution is 2.45. The first-order chi connectivity index (χ1) is 18.8. The molecule has 2 saturated heterocycles. The van der Waals surface area contributed by atoms with Crippen LogP contribution in [0.25, 0.3) is 21.3 Å². The van der Waals surface area contributed by atoms with E-state index in [2.05, 4.69) is 28.2 Å². The molecule has 1 aromatic carbocycles. The standard InChI is InChI=1S/C27H29ClN4O3S.CH2O2/c1-27(15-33)12-18(13-30-27)31-8-2-3-16-9-17(28)10-21(25(16)31)20-6-7-29-22-11-19(36-26(20)22)14-32-23(34)4-5-24(32)35;2-1-3/h6-7,9-11,18,30,33H,2-5,8,12-15H2,1H3;1H,(H,2,3)/t18-,27-;/m1./s1. The van der Waals surface area contributed by atoms with E-state index in [9.17, 15) is 14.7 Å². The quantitative estimate of drug-likeness (QED) is 0.312. The van der Waals surface area contributed by atoms with Gasteiger partial charge in [-0.05, 0) is 56.0 Å². The van der Waals surface area contributed by atoms with Crippen molar-refractivity contribution in [3.8, 4) is 11.1 Å². The van der Waals surface area contributed by atoms with Crippen LogP contribution in [0.1, 0.15) is 43.0 Å². The third-order valence-corrected chi connectivity index (χ3v) is 9.11. The number of halogens is 1. The molecule has 2 aromatic heterocycles. The maximum Gasteiger partial charge on any atom is 0.290 e. The van der Waals surface area contributed by atoms with E-state index in [-0.39, 0.29) is 36.5 Å². The van der Waals surface area contributed by atoms with E-state index >= 15 is 0 Å². The van der Waals surface area contributed by atoms with E-state index in [1.165, 1.54) is 16.2 Å². The van der Waals surface area contributed by atoms with Crippen LogP contribution in [0, 0.1) is 0 Å². The van der Waals surface area contributed by atoms with Crippen molar-refractivity contribution in [2.45, 2.75) is 57.2 Å². The minimum absolute atomic E-state index is 0.106. The summed E-state index contributed by atoms with van der Waals surface area (Å²) in [4.78, 5) is 42.1. The lowest BCUT2D eigenvalue weighted by Crippen LogP contribution is -2.41. The van der Waals surface area contributed by atoms with Gasteiger partial charge in [-0.3, -0.25) is 24.3 Å². The second-order valence-electron chi connectivity index (χ2n) is 10.5. The Kier molecular flexibility index (Phi) is 7.91. The van der Waals surface area contributed by atoms with Gasteiger partial charge in [-0.1, -0.05) is 11.6 Å². The molecule has 11 heteroatoms. The van der Waals surface area contributed by atoms with Crippen LogP contribution in [-0.2, 0) is 27.3 Å². The molecule has 3 N–H and O–H groups in total. The SMILES string of the molecule is C[C@]1(CO)C[C@@H](N2CCCc3cc(Cl)cc(-c4ccnc5cc(CN6C(=O)CCC6=O)sc45)c32)CN1.O=CO. The van der Waals surface area contributed by atoms with Crippen LogP contribution in [-0.4, -0.2) is 69.7 Å². The number of hydrogen-bond donors (Lipinski definition) is 3. The topological polar surface area (TPSA) is 123 Å². The summed E-state index contributed by atoms with van der Waals surface area (Å²) in [6.45, 7) is 4.02. The van der Waals surface area contributed by atoms with Gasteiger partial charge < -0.3 is 20.4 Å². The highest BCUT2D eigenvalue weighted by atomic mass is 35.5. The molecule has 0 saturated carbocycles. The van der Waals surface area contributed by atoms with Gasteiger partial charge in [0, 0.05) is 70.4 Å². The first kappa shape index (κ1) is 27.5. The van der Waals surface area contributed by atoms with Gasteiger partial charge in [-0.2, -0.15) is 0 Å². The van der Waals surface area contributed by atoms with Crippen molar-refractivity contribution >= 4 is 57.1 Å². The minimum atomic E-state index is -0.272. The lowest BCUT2D eigenvalue weighted by molar-refractivity contribution is -0.139. The van der Waals surface area contributed by atoms with Gasteiger partial charge in [0.25, 0.3) is 6.47 Å². The maximum atomic E-state index is 12.2.